The third-order valence-electron chi connectivity index (χ3n) is 2.22. The Bertz CT molecular complexity index is 405. The summed E-state index contributed by atoms with van der Waals surface area (Å²) in [6.07, 6.45) is 0. The fraction of sp³-hybridized carbons (Fsp3) is 0.583. The van der Waals surface area contributed by atoms with Gasteiger partial charge in [-0.2, -0.15) is 0 Å². The molecule has 100 valence electrons. The normalized spacial score (nSPS) is 10.5. The average molecular weight is 251 g/mol. The highest BCUT2D eigenvalue weighted by Gasteiger charge is 2.02. The van der Waals surface area contributed by atoms with Crippen molar-refractivity contribution >= 4 is 17.4 Å². The highest BCUT2D eigenvalue weighted by Crippen LogP contribution is 2.10. The lowest BCUT2D eigenvalue weighted by Gasteiger charge is -2.12. The summed E-state index contributed by atoms with van der Waals surface area (Å²) in [5.41, 5.74) is 0. The molecule has 0 aromatic carbocycles. The van der Waals surface area contributed by atoms with Gasteiger partial charge in [-0.15, -0.1) is 0 Å². The van der Waals surface area contributed by atoms with Crippen LogP contribution in [0.15, 0.2) is 6.07 Å². The van der Waals surface area contributed by atoms with Crippen LogP contribution in [0.3, 0.4) is 0 Å². The number of likely N-dealkylation sites (N-methyl/N-ethyl adjacent to an activating group) is 1. The second kappa shape index (κ2) is 6.90. The van der Waals surface area contributed by atoms with Gasteiger partial charge in [-0.05, 0) is 27.9 Å². The van der Waals surface area contributed by atoms with E-state index in [1.54, 1.807) is 0 Å². The largest absolute Gasteiger partial charge is 0.369 e. The van der Waals surface area contributed by atoms with Gasteiger partial charge in [0.1, 0.15) is 23.2 Å². The number of hydrogen-bond donors (Lipinski definition) is 2. The molecule has 0 atom stereocenters. The molecule has 0 saturated heterocycles. The van der Waals surface area contributed by atoms with Crippen LogP contribution in [0.4, 0.5) is 11.6 Å². The molecule has 1 heterocycles. The number of ketones is 1. The molecule has 1 rings (SSSR count). The molecule has 2 N–H and O–H groups in total. The van der Waals surface area contributed by atoms with Crippen molar-refractivity contribution in [3.05, 3.63) is 11.9 Å². The molecule has 0 amide bonds. The van der Waals surface area contributed by atoms with Crippen molar-refractivity contribution in [2.24, 2.45) is 0 Å². The third kappa shape index (κ3) is 5.58. The molecule has 6 heteroatoms. The molecule has 0 unspecified atom stereocenters. The molecule has 0 aliphatic carbocycles. The number of nitrogens with zero attached hydrogens (tertiary/aromatic N) is 3. The second-order valence-corrected chi connectivity index (χ2v) is 4.47. The van der Waals surface area contributed by atoms with Crippen molar-refractivity contribution in [1.29, 1.82) is 0 Å². The number of nitrogens with one attached hydrogen (secondary N) is 2. The van der Waals surface area contributed by atoms with E-state index in [2.05, 4.69) is 25.5 Å². The Morgan fingerprint density at radius 3 is 2.44 bits per heavy atom. The average Bonchev–Trinajstić information content (AvgIpc) is 2.25. The van der Waals surface area contributed by atoms with E-state index in [9.17, 15) is 4.79 Å². The van der Waals surface area contributed by atoms with Crippen LogP contribution < -0.4 is 10.6 Å². The van der Waals surface area contributed by atoms with E-state index in [4.69, 9.17) is 0 Å². The number of aryl methyl sites for hydroxylation is 1. The topological polar surface area (TPSA) is 70.2 Å². The number of rotatable bonds is 7. The molecular weight excluding hydrogens is 230 g/mol. The number of anilines is 2. The minimum absolute atomic E-state index is 0.0772. The Morgan fingerprint density at radius 2 is 1.89 bits per heavy atom. The lowest BCUT2D eigenvalue weighted by molar-refractivity contribution is -0.115. The Kier molecular flexibility index (Phi) is 5.51. The predicted octanol–water partition coefficient (Wildman–Crippen LogP) is 0.759. The Morgan fingerprint density at radius 1 is 1.28 bits per heavy atom. The molecule has 0 aliphatic rings. The molecule has 0 fully saturated rings. The van der Waals surface area contributed by atoms with Crippen LogP contribution in [0.5, 0.6) is 0 Å². The summed E-state index contributed by atoms with van der Waals surface area (Å²) in [4.78, 5) is 21.5. The number of carbonyl (C=O) groups is 1. The summed E-state index contributed by atoms with van der Waals surface area (Å²) in [6, 6.07) is 1.81. The van der Waals surface area contributed by atoms with E-state index in [1.807, 2.05) is 27.1 Å². The van der Waals surface area contributed by atoms with Gasteiger partial charge in [0.05, 0.1) is 6.54 Å². The molecule has 1 aromatic rings. The summed E-state index contributed by atoms with van der Waals surface area (Å²) >= 11 is 0. The summed E-state index contributed by atoms with van der Waals surface area (Å²) < 4.78 is 0. The van der Waals surface area contributed by atoms with Gasteiger partial charge in [-0.3, -0.25) is 4.79 Å². The fourth-order valence-electron chi connectivity index (χ4n) is 1.37. The van der Waals surface area contributed by atoms with E-state index in [0.717, 1.165) is 18.9 Å². The molecule has 18 heavy (non-hydrogen) atoms. The van der Waals surface area contributed by atoms with Gasteiger partial charge >= 0.3 is 0 Å². The molecule has 0 spiro atoms. The highest BCUT2D eigenvalue weighted by atomic mass is 16.1. The van der Waals surface area contributed by atoms with Gasteiger partial charge in [-0.1, -0.05) is 0 Å². The van der Waals surface area contributed by atoms with Crippen LogP contribution in [-0.4, -0.2) is 54.4 Å². The van der Waals surface area contributed by atoms with Crippen LogP contribution >= 0.6 is 0 Å². The number of carbonyl (C=O) groups excluding carboxylic acids is 1. The van der Waals surface area contributed by atoms with Gasteiger partial charge in [0, 0.05) is 19.2 Å². The molecule has 0 bridgehead atoms. The quantitative estimate of drug-likeness (QED) is 0.745. The molecule has 1 aromatic heterocycles. The summed E-state index contributed by atoms with van der Waals surface area (Å²) in [5.74, 6) is 2.20. The monoisotopic (exact) mass is 251 g/mol. The van der Waals surface area contributed by atoms with E-state index in [1.165, 1.54) is 6.92 Å². The van der Waals surface area contributed by atoms with Crippen LogP contribution in [0.25, 0.3) is 0 Å². The van der Waals surface area contributed by atoms with Gasteiger partial charge in [0.2, 0.25) is 0 Å². The minimum atomic E-state index is 0.0772. The first kappa shape index (κ1) is 14.4. The Labute approximate surface area is 108 Å². The first-order valence-corrected chi connectivity index (χ1v) is 5.95. The number of Topliss-reactive ketones (excluding diaryl/α,β-unsaturated/α-hetero) is 1. The fourth-order valence-corrected chi connectivity index (χ4v) is 1.37. The minimum Gasteiger partial charge on any atom is -0.369 e. The van der Waals surface area contributed by atoms with Crippen molar-refractivity contribution in [2.45, 2.75) is 13.8 Å². The Hall–Kier alpha value is -1.69. The van der Waals surface area contributed by atoms with E-state index >= 15 is 0 Å². The lowest BCUT2D eigenvalue weighted by atomic mass is 10.4. The van der Waals surface area contributed by atoms with Crippen molar-refractivity contribution in [3.63, 3.8) is 0 Å². The van der Waals surface area contributed by atoms with Gasteiger partial charge in [0.25, 0.3) is 0 Å². The number of hydrogen-bond acceptors (Lipinski definition) is 6. The number of aromatic nitrogens is 2. The first-order valence-electron chi connectivity index (χ1n) is 5.95. The summed E-state index contributed by atoms with van der Waals surface area (Å²) in [6.45, 7) is 5.40. The van der Waals surface area contributed by atoms with Crippen LogP contribution in [-0.2, 0) is 4.79 Å². The maximum atomic E-state index is 10.9. The maximum absolute atomic E-state index is 10.9. The molecule has 0 saturated carbocycles. The summed E-state index contributed by atoms with van der Waals surface area (Å²) in [7, 11) is 4.04. The van der Waals surface area contributed by atoms with Crippen molar-refractivity contribution < 1.29 is 4.79 Å². The standard InChI is InChI=1S/C12H21N5O/c1-9(18)8-14-12-7-11(15-10(2)16-12)13-5-6-17(3)4/h7H,5-6,8H2,1-4H3,(H2,13,14,15,16). The van der Waals surface area contributed by atoms with Crippen LogP contribution in [0, 0.1) is 6.92 Å². The second-order valence-electron chi connectivity index (χ2n) is 4.47. The van der Waals surface area contributed by atoms with Gasteiger partial charge in [-0.25, -0.2) is 9.97 Å². The van der Waals surface area contributed by atoms with Crippen molar-refractivity contribution in [1.82, 2.24) is 14.9 Å². The lowest BCUT2D eigenvalue weighted by Crippen LogP contribution is -2.21. The highest BCUT2D eigenvalue weighted by molar-refractivity contribution is 5.80. The van der Waals surface area contributed by atoms with E-state index in [-0.39, 0.29) is 12.3 Å². The first-order chi connectivity index (χ1) is 8.47. The molecule has 6 nitrogen and oxygen atoms in total. The van der Waals surface area contributed by atoms with Gasteiger partial charge < -0.3 is 15.5 Å². The van der Waals surface area contributed by atoms with Crippen LogP contribution in [0.2, 0.25) is 0 Å². The zero-order valence-corrected chi connectivity index (χ0v) is 11.4. The maximum Gasteiger partial charge on any atom is 0.148 e. The molecule has 0 aliphatic heterocycles. The van der Waals surface area contributed by atoms with Crippen molar-refractivity contribution in [3.8, 4) is 0 Å². The van der Waals surface area contributed by atoms with Crippen molar-refractivity contribution in [2.75, 3.05) is 44.4 Å². The zero-order valence-electron chi connectivity index (χ0n) is 11.4. The Balaban J connectivity index is 2.59. The molecular formula is C12H21N5O. The predicted molar refractivity (Wildman–Crippen MR) is 73.0 cm³/mol. The summed E-state index contributed by atoms with van der Waals surface area (Å²) in [5, 5.41) is 6.20. The third-order valence-corrected chi connectivity index (χ3v) is 2.22. The molecule has 0 radical (unpaired) electrons. The van der Waals surface area contributed by atoms with Gasteiger partial charge in [0.15, 0.2) is 0 Å². The smallest absolute Gasteiger partial charge is 0.148 e. The SMILES string of the molecule is CC(=O)CNc1cc(NCCN(C)C)nc(C)n1. The van der Waals surface area contributed by atoms with E-state index in [0.29, 0.717) is 11.6 Å². The van der Waals surface area contributed by atoms with E-state index < -0.39 is 0 Å². The zero-order chi connectivity index (χ0) is 13.5. The van der Waals surface area contributed by atoms with Crippen LogP contribution in [0.1, 0.15) is 12.7 Å².